The van der Waals surface area contributed by atoms with Crippen molar-refractivity contribution in [3.8, 4) is 5.75 Å². The Bertz CT molecular complexity index is 1170. The van der Waals surface area contributed by atoms with Gasteiger partial charge in [-0.3, -0.25) is 19.3 Å². The predicted octanol–water partition coefficient (Wildman–Crippen LogP) is 0.0300. The first-order valence-electron chi connectivity index (χ1n) is 10.5. The van der Waals surface area contributed by atoms with Crippen LogP contribution in [0.3, 0.4) is 0 Å². The zero-order valence-corrected chi connectivity index (χ0v) is 18.8. The normalized spacial score (nSPS) is 29.1. The highest BCUT2D eigenvalue weighted by atomic mass is 16.3. The van der Waals surface area contributed by atoms with Crippen molar-refractivity contribution >= 4 is 28.9 Å². The number of nitrogens with zero attached hydrogens (tertiary/aromatic N) is 2. The van der Waals surface area contributed by atoms with E-state index in [1.165, 1.54) is 11.0 Å². The first-order valence-corrected chi connectivity index (χ1v) is 10.5. The molecule has 0 radical (unpaired) electrons. The van der Waals surface area contributed by atoms with Gasteiger partial charge >= 0.3 is 0 Å². The van der Waals surface area contributed by atoms with E-state index < -0.39 is 58.0 Å². The van der Waals surface area contributed by atoms with Gasteiger partial charge in [-0.1, -0.05) is 0 Å². The summed E-state index contributed by atoms with van der Waals surface area (Å²) < 4.78 is 0. The number of ketones is 2. The van der Waals surface area contributed by atoms with E-state index in [9.17, 15) is 34.8 Å². The second kappa shape index (κ2) is 7.32. The number of carbonyl (C=O) groups is 3. The van der Waals surface area contributed by atoms with Gasteiger partial charge in [0, 0.05) is 31.3 Å². The van der Waals surface area contributed by atoms with Crippen LogP contribution in [0.2, 0.25) is 0 Å². The zero-order valence-electron chi connectivity index (χ0n) is 18.8. The summed E-state index contributed by atoms with van der Waals surface area (Å²) in [4.78, 5) is 42.0. The standard InChI is InChI=1S/C23H27N3O7/c1-25(2)12-5-6-13(27)15-10(12)7-9-8-11-17(26(3)4)19(29)16(22(24)32)21(31)23(11,33)20(30)14(9)18(15)28/h5-6,9,11,17,27-28,31,33H,7-8H2,1-4H3,(H2,24,32)/t9?,11-,17+,23-/m0/s1. The highest BCUT2D eigenvalue weighted by molar-refractivity contribution is 6.24. The van der Waals surface area contributed by atoms with Gasteiger partial charge in [-0.15, -0.1) is 0 Å². The van der Waals surface area contributed by atoms with Crippen molar-refractivity contribution in [2.24, 2.45) is 17.6 Å². The molecule has 3 aliphatic carbocycles. The second-order valence-electron chi connectivity index (χ2n) is 9.31. The Hall–Kier alpha value is -3.37. The van der Waals surface area contributed by atoms with Crippen LogP contribution in [0.25, 0.3) is 5.76 Å². The van der Waals surface area contributed by atoms with Gasteiger partial charge in [0.2, 0.25) is 5.78 Å². The van der Waals surface area contributed by atoms with Crippen molar-refractivity contribution in [2.75, 3.05) is 33.1 Å². The van der Waals surface area contributed by atoms with E-state index in [4.69, 9.17) is 5.73 Å². The van der Waals surface area contributed by atoms with Gasteiger partial charge in [-0.25, -0.2) is 0 Å². The largest absolute Gasteiger partial charge is 0.508 e. The molecule has 1 aromatic rings. The van der Waals surface area contributed by atoms with Gasteiger partial charge in [-0.2, -0.15) is 0 Å². The van der Waals surface area contributed by atoms with E-state index in [0.717, 1.165) is 5.69 Å². The molecule has 0 bridgehead atoms. The average molecular weight is 457 g/mol. The fourth-order valence-electron chi connectivity index (χ4n) is 5.65. The Morgan fingerprint density at radius 1 is 1.12 bits per heavy atom. The van der Waals surface area contributed by atoms with E-state index in [1.807, 2.05) is 19.0 Å². The Balaban J connectivity index is 1.99. The lowest BCUT2D eigenvalue weighted by Gasteiger charge is -2.50. The zero-order chi connectivity index (χ0) is 24.6. The van der Waals surface area contributed by atoms with E-state index in [1.54, 1.807) is 20.2 Å². The van der Waals surface area contributed by atoms with E-state index in [2.05, 4.69) is 0 Å². The minimum absolute atomic E-state index is 0.0638. The molecule has 0 aromatic heterocycles. The summed E-state index contributed by atoms with van der Waals surface area (Å²) >= 11 is 0. The number of benzene rings is 1. The number of phenols is 1. The number of fused-ring (bicyclic) bond motifs is 3. The molecule has 1 unspecified atom stereocenters. The van der Waals surface area contributed by atoms with Gasteiger partial charge in [0.25, 0.3) is 5.91 Å². The first kappa shape index (κ1) is 22.8. The minimum Gasteiger partial charge on any atom is -0.508 e. The monoisotopic (exact) mass is 457 g/mol. The van der Waals surface area contributed by atoms with Crippen LogP contribution in [-0.4, -0.2) is 82.6 Å². The molecule has 33 heavy (non-hydrogen) atoms. The van der Waals surface area contributed by atoms with Crippen LogP contribution in [0.15, 0.2) is 29.0 Å². The average Bonchev–Trinajstić information content (AvgIpc) is 2.70. The number of hydrogen-bond donors (Lipinski definition) is 5. The lowest BCUT2D eigenvalue weighted by Crippen LogP contribution is -2.65. The number of anilines is 1. The van der Waals surface area contributed by atoms with Gasteiger partial charge in [0.1, 0.15) is 22.8 Å². The molecule has 4 atom stereocenters. The van der Waals surface area contributed by atoms with Crippen molar-refractivity contribution in [3.05, 3.63) is 40.2 Å². The Morgan fingerprint density at radius 3 is 2.30 bits per heavy atom. The second-order valence-corrected chi connectivity index (χ2v) is 9.31. The molecule has 176 valence electrons. The van der Waals surface area contributed by atoms with Crippen LogP contribution in [0, 0.1) is 11.8 Å². The molecular formula is C23H27N3O7. The summed E-state index contributed by atoms with van der Waals surface area (Å²) in [6.07, 6.45) is 0.324. The Labute approximate surface area is 190 Å². The number of aromatic hydroxyl groups is 1. The fourth-order valence-corrected chi connectivity index (χ4v) is 5.65. The summed E-state index contributed by atoms with van der Waals surface area (Å²) in [6.45, 7) is 0. The number of carbonyl (C=O) groups excluding carboxylic acids is 3. The lowest BCUT2D eigenvalue weighted by atomic mass is 9.57. The van der Waals surface area contributed by atoms with Crippen LogP contribution in [0.5, 0.6) is 5.75 Å². The summed E-state index contributed by atoms with van der Waals surface area (Å²) in [6, 6.07) is 2.01. The van der Waals surface area contributed by atoms with Crippen molar-refractivity contribution < 1.29 is 34.8 Å². The molecule has 10 nitrogen and oxygen atoms in total. The van der Waals surface area contributed by atoms with Crippen LogP contribution >= 0.6 is 0 Å². The van der Waals surface area contributed by atoms with Gasteiger partial charge in [-0.05, 0) is 50.6 Å². The highest BCUT2D eigenvalue weighted by Gasteiger charge is 2.64. The van der Waals surface area contributed by atoms with Gasteiger partial charge in [0.15, 0.2) is 11.4 Å². The molecule has 3 aliphatic rings. The van der Waals surface area contributed by atoms with E-state index in [-0.39, 0.29) is 29.7 Å². The van der Waals surface area contributed by atoms with E-state index in [0.29, 0.717) is 5.56 Å². The van der Waals surface area contributed by atoms with Crippen molar-refractivity contribution in [1.82, 2.24) is 4.90 Å². The number of primary amides is 1. The molecule has 1 aromatic carbocycles. The third-order valence-corrected chi connectivity index (χ3v) is 7.06. The minimum atomic E-state index is -2.63. The predicted molar refractivity (Wildman–Crippen MR) is 119 cm³/mol. The van der Waals surface area contributed by atoms with Crippen LogP contribution in [0.4, 0.5) is 5.69 Å². The third-order valence-electron chi connectivity index (χ3n) is 7.06. The maximum Gasteiger partial charge on any atom is 0.255 e. The molecule has 0 heterocycles. The number of likely N-dealkylation sites (N-methyl/N-ethyl adjacent to an activating group) is 1. The number of hydrogen-bond acceptors (Lipinski definition) is 9. The molecule has 0 aliphatic heterocycles. The number of phenolic OH excluding ortho intramolecular Hbond substituents is 1. The Kier molecular flexibility index (Phi) is 5.06. The molecular weight excluding hydrogens is 430 g/mol. The molecule has 0 spiro atoms. The summed E-state index contributed by atoms with van der Waals surface area (Å²) in [5, 5.41) is 43.9. The van der Waals surface area contributed by atoms with Crippen molar-refractivity contribution in [2.45, 2.75) is 24.5 Å². The van der Waals surface area contributed by atoms with Gasteiger partial charge < -0.3 is 31.1 Å². The van der Waals surface area contributed by atoms with Crippen LogP contribution in [-0.2, 0) is 20.8 Å². The fraction of sp³-hybridized carbons (Fsp3) is 0.435. The van der Waals surface area contributed by atoms with Gasteiger partial charge in [0.05, 0.1) is 11.6 Å². The smallest absolute Gasteiger partial charge is 0.255 e. The molecule has 4 rings (SSSR count). The molecule has 1 amide bonds. The number of aliphatic hydroxyl groups is 3. The number of rotatable bonds is 3. The highest BCUT2D eigenvalue weighted by Crippen LogP contribution is 2.53. The molecule has 1 saturated carbocycles. The Morgan fingerprint density at radius 2 is 1.76 bits per heavy atom. The number of nitrogens with two attached hydrogens (primary N) is 1. The molecule has 0 saturated heterocycles. The summed E-state index contributed by atoms with van der Waals surface area (Å²) in [5.41, 5.74) is 3.15. The topological polar surface area (TPSA) is 165 Å². The molecule has 10 heteroatoms. The number of aliphatic hydroxyl groups excluding tert-OH is 2. The first-order chi connectivity index (χ1) is 15.3. The number of Topliss-reactive ketones (excluding diaryl/α,β-unsaturated/α-hetero) is 2. The third kappa shape index (κ3) is 2.90. The molecule has 6 N–H and O–H groups in total. The van der Waals surface area contributed by atoms with Crippen molar-refractivity contribution in [3.63, 3.8) is 0 Å². The quantitative estimate of drug-likeness (QED) is 0.394. The summed E-state index contributed by atoms with van der Waals surface area (Å²) in [5.74, 6) is -6.54. The SMILES string of the molecule is CN(C)c1ccc(O)c2c1CC1C[C@H]3[C@@H](N(C)C)C(=O)C(C(N)=O)=C(O)[C@@]3(O)C(=O)C1=C2O. The van der Waals surface area contributed by atoms with Crippen LogP contribution in [0.1, 0.15) is 17.5 Å². The van der Waals surface area contributed by atoms with E-state index >= 15 is 0 Å². The maximum atomic E-state index is 13.7. The lowest BCUT2D eigenvalue weighted by molar-refractivity contribution is -0.153. The summed E-state index contributed by atoms with van der Waals surface area (Å²) in [7, 11) is 6.75. The number of amides is 1. The van der Waals surface area contributed by atoms with Crippen LogP contribution < -0.4 is 10.6 Å². The molecule has 1 fully saturated rings. The maximum absolute atomic E-state index is 13.7. The van der Waals surface area contributed by atoms with Crippen molar-refractivity contribution in [1.29, 1.82) is 0 Å².